The quantitative estimate of drug-likeness (QED) is 0.482. The molecular weight excluding hydrogens is 356 g/mol. The summed E-state index contributed by atoms with van der Waals surface area (Å²) >= 11 is 1.19. The Labute approximate surface area is 153 Å². The van der Waals surface area contributed by atoms with Gasteiger partial charge in [0.25, 0.3) is 5.22 Å². The minimum Gasteiger partial charge on any atom is -0.497 e. The van der Waals surface area contributed by atoms with Crippen molar-refractivity contribution in [2.75, 3.05) is 19.7 Å². The summed E-state index contributed by atoms with van der Waals surface area (Å²) in [6.07, 6.45) is 0. The number of carbonyl (C=O) groups excluding carboxylic acids is 1. The van der Waals surface area contributed by atoms with Crippen LogP contribution in [0.2, 0.25) is 0 Å². The monoisotopic (exact) mass is 370 g/mol. The van der Waals surface area contributed by atoms with Crippen LogP contribution in [-0.4, -0.2) is 35.6 Å². The molecule has 3 aromatic rings. The summed E-state index contributed by atoms with van der Waals surface area (Å²) in [5.74, 6) is 2.48. The lowest BCUT2D eigenvalue weighted by Crippen LogP contribution is -2.02. The Bertz CT molecular complexity index is 956. The summed E-state index contributed by atoms with van der Waals surface area (Å²) in [6.45, 7) is 0.204. The molecule has 0 unspecified atom stereocenters. The molecule has 0 aliphatic carbocycles. The van der Waals surface area contributed by atoms with Gasteiger partial charge >= 0.3 is 0 Å². The van der Waals surface area contributed by atoms with Crippen LogP contribution in [0, 0.1) is 0 Å². The molecule has 4 rings (SSSR count). The van der Waals surface area contributed by atoms with Crippen LogP contribution in [0.4, 0.5) is 0 Å². The van der Waals surface area contributed by atoms with Crippen LogP contribution in [0.5, 0.6) is 17.2 Å². The fourth-order valence-electron chi connectivity index (χ4n) is 2.42. The van der Waals surface area contributed by atoms with Gasteiger partial charge in [-0.25, -0.2) is 0 Å². The molecule has 8 heteroatoms. The molecule has 1 aromatic heterocycles. The smallest absolute Gasteiger partial charge is 0.277 e. The maximum Gasteiger partial charge on any atom is 0.277 e. The topological polar surface area (TPSA) is 83.7 Å². The van der Waals surface area contributed by atoms with Crippen LogP contribution in [-0.2, 0) is 0 Å². The number of ether oxygens (including phenoxy) is 3. The van der Waals surface area contributed by atoms with Crippen LogP contribution >= 0.6 is 11.8 Å². The molecule has 0 radical (unpaired) electrons. The van der Waals surface area contributed by atoms with Crippen molar-refractivity contribution in [2.24, 2.45) is 0 Å². The van der Waals surface area contributed by atoms with E-state index in [-0.39, 0.29) is 18.3 Å². The number of hydrogen-bond acceptors (Lipinski definition) is 8. The van der Waals surface area contributed by atoms with Crippen LogP contribution in [0.3, 0.4) is 0 Å². The summed E-state index contributed by atoms with van der Waals surface area (Å²) < 4.78 is 21.4. The number of ketones is 1. The van der Waals surface area contributed by atoms with Gasteiger partial charge in [0.15, 0.2) is 17.3 Å². The highest BCUT2D eigenvalue weighted by molar-refractivity contribution is 7.99. The van der Waals surface area contributed by atoms with Gasteiger partial charge in [0.1, 0.15) is 5.75 Å². The SMILES string of the molecule is COc1cccc(C(=O)CSc2nnc(-c3ccc4c(c3)OCO4)o2)c1. The molecule has 0 saturated heterocycles. The molecule has 0 saturated carbocycles. The maximum absolute atomic E-state index is 12.3. The third-order valence-corrected chi connectivity index (χ3v) is 4.56. The zero-order valence-electron chi connectivity index (χ0n) is 13.8. The molecule has 132 valence electrons. The number of thioether (sulfide) groups is 1. The molecule has 0 atom stereocenters. The minimum absolute atomic E-state index is 0.0447. The first kappa shape index (κ1) is 16.5. The summed E-state index contributed by atoms with van der Waals surface area (Å²) in [5, 5.41) is 8.34. The predicted molar refractivity (Wildman–Crippen MR) is 93.9 cm³/mol. The molecule has 0 N–H and O–H groups in total. The molecule has 0 fully saturated rings. The summed E-state index contributed by atoms with van der Waals surface area (Å²) in [5.41, 5.74) is 1.31. The van der Waals surface area contributed by atoms with Gasteiger partial charge in [-0.15, -0.1) is 10.2 Å². The molecule has 0 bridgehead atoms. The molecule has 1 aliphatic rings. The summed E-state index contributed by atoms with van der Waals surface area (Å²) in [7, 11) is 1.56. The zero-order valence-corrected chi connectivity index (χ0v) is 14.6. The Balaban J connectivity index is 1.43. The fourth-order valence-corrected chi connectivity index (χ4v) is 3.08. The average Bonchev–Trinajstić information content (AvgIpc) is 3.34. The van der Waals surface area contributed by atoms with Crippen molar-refractivity contribution in [2.45, 2.75) is 5.22 Å². The number of aromatic nitrogens is 2. The van der Waals surface area contributed by atoms with E-state index in [0.29, 0.717) is 33.9 Å². The van der Waals surface area contributed by atoms with Crippen molar-refractivity contribution in [3.05, 3.63) is 48.0 Å². The van der Waals surface area contributed by atoms with Gasteiger partial charge in [-0.3, -0.25) is 4.79 Å². The molecule has 0 spiro atoms. The van der Waals surface area contributed by atoms with Crippen LogP contribution < -0.4 is 14.2 Å². The van der Waals surface area contributed by atoms with Gasteiger partial charge < -0.3 is 18.6 Å². The summed E-state index contributed by atoms with van der Waals surface area (Å²) in [6, 6.07) is 12.4. The van der Waals surface area contributed by atoms with Crippen molar-refractivity contribution >= 4 is 17.5 Å². The standard InChI is InChI=1S/C18H14N2O5S/c1-22-13-4-2-3-11(7-13)14(21)9-26-18-20-19-17(25-18)12-5-6-15-16(8-12)24-10-23-15/h2-8H,9-10H2,1H3. The second-order valence-electron chi connectivity index (χ2n) is 5.38. The second kappa shape index (κ2) is 7.09. The predicted octanol–water partition coefficient (Wildman–Crippen LogP) is 3.45. The van der Waals surface area contributed by atoms with E-state index in [9.17, 15) is 4.79 Å². The van der Waals surface area contributed by atoms with Crippen molar-refractivity contribution in [1.29, 1.82) is 0 Å². The average molecular weight is 370 g/mol. The summed E-state index contributed by atoms with van der Waals surface area (Å²) in [4.78, 5) is 12.3. The third-order valence-electron chi connectivity index (χ3n) is 3.74. The number of fused-ring (bicyclic) bond motifs is 1. The molecule has 2 aromatic carbocycles. The number of methoxy groups -OCH3 is 1. The van der Waals surface area contributed by atoms with Gasteiger partial charge in [-0.05, 0) is 30.3 Å². The van der Waals surface area contributed by atoms with E-state index in [1.807, 2.05) is 6.07 Å². The number of carbonyl (C=O) groups is 1. The Morgan fingerprint density at radius 3 is 2.92 bits per heavy atom. The van der Waals surface area contributed by atoms with E-state index in [2.05, 4.69) is 10.2 Å². The second-order valence-corrected chi connectivity index (χ2v) is 6.31. The first-order valence-electron chi connectivity index (χ1n) is 7.76. The highest BCUT2D eigenvalue weighted by atomic mass is 32.2. The van der Waals surface area contributed by atoms with Gasteiger partial charge in [0.2, 0.25) is 12.7 Å². The number of nitrogens with zero attached hydrogens (tertiary/aromatic N) is 2. The van der Waals surface area contributed by atoms with Gasteiger partial charge in [-0.2, -0.15) is 0 Å². The third kappa shape index (κ3) is 3.36. The van der Waals surface area contributed by atoms with Gasteiger partial charge in [0.05, 0.1) is 12.9 Å². The molecule has 0 amide bonds. The molecule has 2 heterocycles. The fraction of sp³-hybridized carbons (Fsp3) is 0.167. The van der Waals surface area contributed by atoms with E-state index in [0.717, 1.165) is 5.56 Å². The maximum atomic E-state index is 12.3. The van der Waals surface area contributed by atoms with Crippen LogP contribution in [0.1, 0.15) is 10.4 Å². The van der Waals surface area contributed by atoms with E-state index < -0.39 is 0 Å². The Morgan fingerprint density at radius 1 is 1.15 bits per heavy atom. The number of rotatable bonds is 6. The Hall–Kier alpha value is -3.00. The largest absolute Gasteiger partial charge is 0.497 e. The van der Waals surface area contributed by atoms with Crippen LogP contribution in [0.25, 0.3) is 11.5 Å². The van der Waals surface area contributed by atoms with Crippen molar-refractivity contribution in [3.63, 3.8) is 0 Å². The zero-order chi connectivity index (χ0) is 17.9. The molecule has 26 heavy (non-hydrogen) atoms. The molecular formula is C18H14N2O5S. The first-order chi connectivity index (χ1) is 12.7. The lowest BCUT2D eigenvalue weighted by atomic mass is 10.1. The number of hydrogen-bond donors (Lipinski definition) is 0. The van der Waals surface area contributed by atoms with E-state index in [1.165, 1.54) is 11.8 Å². The number of Topliss-reactive ketones (excluding diaryl/α,β-unsaturated/α-hetero) is 1. The van der Waals surface area contributed by atoms with Crippen LogP contribution in [0.15, 0.2) is 52.1 Å². The minimum atomic E-state index is -0.0447. The van der Waals surface area contributed by atoms with Crippen molar-refractivity contribution in [3.8, 4) is 28.7 Å². The lowest BCUT2D eigenvalue weighted by Gasteiger charge is -2.02. The van der Waals surface area contributed by atoms with Crippen molar-refractivity contribution < 1.29 is 23.4 Å². The number of benzene rings is 2. The van der Waals surface area contributed by atoms with E-state index in [1.54, 1.807) is 43.5 Å². The highest BCUT2D eigenvalue weighted by Gasteiger charge is 2.17. The Kier molecular flexibility index (Phi) is 4.49. The van der Waals surface area contributed by atoms with E-state index in [4.69, 9.17) is 18.6 Å². The van der Waals surface area contributed by atoms with Gasteiger partial charge in [0, 0.05) is 11.1 Å². The van der Waals surface area contributed by atoms with Crippen molar-refractivity contribution in [1.82, 2.24) is 10.2 Å². The normalized spacial score (nSPS) is 12.2. The molecule has 1 aliphatic heterocycles. The Morgan fingerprint density at radius 2 is 2.04 bits per heavy atom. The lowest BCUT2D eigenvalue weighted by molar-refractivity contribution is 0.102. The van der Waals surface area contributed by atoms with E-state index >= 15 is 0 Å². The molecule has 7 nitrogen and oxygen atoms in total. The first-order valence-corrected chi connectivity index (χ1v) is 8.75. The van der Waals surface area contributed by atoms with Gasteiger partial charge in [-0.1, -0.05) is 23.9 Å². The highest BCUT2D eigenvalue weighted by Crippen LogP contribution is 2.36.